The summed E-state index contributed by atoms with van der Waals surface area (Å²) in [5.74, 6) is 0. The Kier molecular flexibility index (Phi) is 3.44. The Morgan fingerprint density at radius 2 is 2.22 bits per heavy atom. The number of sulfonamides is 1. The molecule has 54 valence electrons. The summed E-state index contributed by atoms with van der Waals surface area (Å²) < 4.78 is 23.1. The fourth-order valence-corrected chi connectivity index (χ4v) is 0.780. The van der Waals surface area contributed by atoms with Gasteiger partial charge in [-0.3, -0.25) is 0 Å². The van der Waals surface area contributed by atoms with Crippen LogP contribution in [-0.2, 0) is 10.0 Å². The maximum Gasteiger partial charge on any atom is 0.233 e. The highest BCUT2D eigenvalue weighted by Crippen LogP contribution is 1.79. The molecule has 0 aromatic rings. The fraction of sp³-hybridized carbons (Fsp3) is 0.500. The van der Waals surface area contributed by atoms with Crippen molar-refractivity contribution in [3.63, 3.8) is 0 Å². The first kappa shape index (κ1) is 8.61. The van der Waals surface area contributed by atoms with E-state index in [2.05, 4.69) is 11.3 Å². The first-order chi connectivity index (χ1) is 4.12. The molecular weight excluding hydrogens is 140 g/mol. The lowest BCUT2D eigenvalue weighted by molar-refractivity contribution is 0.591. The zero-order valence-electron chi connectivity index (χ0n) is 5.00. The van der Waals surface area contributed by atoms with Crippen LogP contribution >= 0.6 is 0 Å². The van der Waals surface area contributed by atoms with Gasteiger partial charge in [0.15, 0.2) is 0 Å². The topological polar surface area (TPSA) is 72.2 Å². The molecule has 0 aromatic carbocycles. The van der Waals surface area contributed by atoms with Crippen molar-refractivity contribution in [2.75, 3.05) is 13.1 Å². The molecule has 0 radical (unpaired) electrons. The molecule has 0 atom stereocenters. The van der Waals surface area contributed by atoms with Gasteiger partial charge in [-0.05, 0) is 0 Å². The summed E-state index contributed by atoms with van der Waals surface area (Å²) in [7, 11) is -3.25. The Balaban J connectivity index is 3.75. The Morgan fingerprint density at radius 1 is 1.67 bits per heavy atom. The summed E-state index contributed by atoms with van der Waals surface area (Å²) in [6.45, 7) is 3.65. The van der Waals surface area contributed by atoms with Crippen molar-refractivity contribution in [1.82, 2.24) is 4.72 Å². The van der Waals surface area contributed by atoms with Gasteiger partial charge in [-0.2, -0.15) is 0 Å². The van der Waals surface area contributed by atoms with Gasteiger partial charge in [-0.25, -0.2) is 13.1 Å². The van der Waals surface area contributed by atoms with Crippen molar-refractivity contribution in [1.29, 1.82) is 0 Å². The van der Waals surface area contributed by atoms with Crippen molar-refractivity contribution >= 4 is 10.0 Å². The highest BCUT2D eigenvalue weighted by Gasteiger charge is 1.98. The van der Waals surface area contributed by atoms with E-state index in [1.54, 1.807) is 0 Å². The third-order valence-corrected chi connectivity index (χ3v) is 1.71. The molecule has 4 nitrogen and oxygen atoms in total. The minimum Gasteiger partial charge on any atom is -0.329 e. The van der Waals surface area contributed by atoms with Gasteiger partial charge in [-0.15, -0.1) is 0 Å². The molecule has 9 heavy (non-hydrogen) atoms. The third-order valence-electron chi connectivity index (χ3n) is 0.667. The molecule has 0 saturated heterocycles. The predicted octanol–water partition coefficient (Wildman–Crippen LogP) is -0.992. The summed E-state index contributed by atoms with van der Waals surface area (Å²) in [6, 6.07) is 0. The van der Waals surface area contributed by atoms with Crippen molar-refractivity contribution in [2.24, 2.45) is 5.73 Å². The molecule has 0 rings (SSSR count). The largest absolute Gasteiger partial charge is 0.329 e. The first-order valence-corrected chi connectivity index (χ1v) is 3.99. The van der Waals surface area contributed by atoms with Gasteiger partial charge in [0.2, 0.25) is 10.0 Å². The lowest BCUT2D eigenvalue weighted by Gasteiger charge is -1.96. The first-order valence-electron chi connectivity index (χ1n) is 2.44. The molecule has 0 aliphatic carbocycles. The lowest BCUT2D eigenvalue weighted by Crippen LogP contribution is -2.27. The zero-order chi connectivity index (χ0) is 7.33. The van der Waals surface area contributed by atoms with Crippen LogP contribution in [0, 0.1) is 0 Å². The quantitative estimate of drug-likeness (QED) is 0.540. The second-order valence-electron chi connectivity index (χ2n) is 1.39. The van der Waals surface area contributed by atoms with E-state index in [0.717, 1.165) is 5.41 Å². The van der Waals surface area contributed by atoms with Crippen LogP contribution in [0.3, 0.4) is 0 Å². The highest BCUT2D eigenvalue weighted by molar-refractivity contribution is 7.92. The maximum atomic E-state index is 10.5. The van der Waals surface area contributed by atoms with Gasteiger partial charge in [0.25, 0.3) is 0 Å². The minimum atomic E-state index is -3.25. The molecule has 0 bridgehead atoms. The van der Waals surface area contributed by atoms with E-state index >= 15 is 0 Å². The van der Waals surface area contributed by atoms with Gasteiger partial charge in [0.1, 0.15) is 0 Å². The fourth-order valence-electron chi connectivity index (χ4n) is 0.260. The molecule has 0 heterocycles. The van der Waals surface area contributed by atoms with Crippen molar-refractivity contribution in [3.8, 4) is 0 Å². The van der Waals surface area contributed by atoms with E-state index in [1.807, 2.05) is 0 Å². The van der Waals surface area contributed by atoms with Crippen LogP contribution < -0.4 is 10.5 Å². The van der Waals surface area contributed by atoms with Crippen LogP contribution in [0.25, 0.3) is 0 Å². The SMILES string of the molecule is C=CS(=O)(=O)NCCN. The van der Waals surface area contributed by atoms with Gasteiger partial charge in [0, 0.05) is 18.5 Å². The Bertz CT molecular complexity index is 173. The van der Waals surface area contributed by atoms with Crippen LogP contribution in [0.15, 0.2) is 12.0 Å². The molecule has 0 saturated carbocycles. The van der Waals surface area contributed by atoms with E-state index in [1.165, 1.54) is 0 Å². The average molecular weight is 150 g/mol. The second-order valence-corrected chi connectivity index (χ2v) is 3.11. The second kappa shape index (κ2) is 3.60. The van der Waals surface area contributed by atoms with Crippen LogP contribution in [0.4, 0.5) is 0 Å². The molecule has 0 aromatic heterocycles. The van der Waals surface area contributed by atoms with E-state index in [9.17, 15) is 8.42 Å². The Morgan fingerprint density at radius 3 is 2.56 bits per heavy atom. The number of nitrogens with one attached hydrogen (secondary N) is 1. The van der Waals surface area contributed by atoms with Gasteiger partial charge < -0.3 is 5.73 Å². The maximum absolute atomic E-state index is 10.5. The Labute approximate surface area is 54.8 Å². The standard InChI is InChI=1S/C4H10N2O2S/c1-2-9(7,8)6-4-3-5/h2,6H,1,3-5H2. The summed E-state index contributed by atoms with van der Waals surface area (Å²) in [5, 5.41) is 0.850. The molecule has 0 spiro atoms. The zero-order valence-corrected chi connectivity index (χ0v) is 5.82. The number of hydrogen-bond acceptors (Lipinski definition) is 3. The Hall–Kier alpha value is -0.390. The van der Waals surface area contributed by atoms with Gasteiger partial charge in [-0.1, -0.05) is 6.58 Å². The van der Waals surface area contributed by atoms with E-state index in [-0.39, 0.29) is 6.54 Å². The van der Waals surface area contributed by atoms with Crippen molar-refractivity contribution in [2.45, 2.75) is 0 Å². The molecule has 0 fully saturated rings. The number of rotatable bonds is 4. The smallest absolute Gasteiger partial charge is 0.233 e. The summed E-state index contributed by atoms with van der Waals surface area (Å²) in [5.41, 5.74) is 5.03. The van der Waals surface area contributed by atoms with Crippen LogP contribution in [-0.4, -0.2) is 21.5 Å². The van der Waals surface area contributed by atoms with Crippen LogP contribution in [0.1, 0.15) is 0 Å². The van der Waals surface area contributed by atoms with Crippen molar-refractivity contribution in [3.05, 3.63) is 12.0 Å². The predicted molar refractivity (Wildman–Crippen MR) is 36.2 cm³/mol. The van der Waals surface area contributed by atoms with Gasteiger partial charge >= 0.3 is 0 Å². The number of nitrogens with two attached hydrogens (primary N) is 1. The lowest BCUT2D eigenvalue weighted by atomic mass is 10.7. The summed E-state index contributed by atoms with van der Waals surface area (Å²) >= 11 is 0. The van der Waals surface area contributed by atoms with Crippen LogP contribution in [0.2, 0.25) is 0 Å². The molecule has 5 heteroatoms. The molecule has 0 unspecified atom stereocenters. The van der Waals surface area contributed by atoms with E-state index < -0.39 is 10.0 Å². The monoisotopic (exact) mass is 150 g/mol. The summed E-state index contributed by atoms with van der Waals surface area (Å²) in [6.07, 6.45) is 0. The number of hydrogen-bond donors (Lipinski definition) is 2. The molecule has 3 N–H and O–H groups in total. The van der Waals surface area contributed by atoms with Crippen molar-refractivity contribution < 1.29 is 8.42 Å². The molecule has 0 amide bonds. The normalized spacial score (nSPS) is 11.2. The molecule has 0 aliphatic rings. The van der Waals surface area contributed by atoms with Crippen LogP contribution in [0.5, 0.6) is 0 Å². The average Bonchev–Trinajstić information content (AvgIpc) is 1.84. The molecular formula is C4H10N2O2S. The van der Waals surface area contributed by atoms with E-state index in [0.29, 0.717) is 6.54 Å². The minimum absolute atomic E-state index is 0.258. The van der Waals surface area contributed by atoms with E-state index in [4.69, 9.17) is 5.73 Å². The third kappa shape index (κ3) is 4.14. The van der Waals surface area contributed by atoms with Gasteiger partial charge in [0.05, 0.1) is 0 Å². The summed E-state index contributed by atoms with van der Waals surface area (Å²) in [4.78, 5) is 0. The molecule has 0 aliphatic heterocycles. The highest BCUT2D eigenvalue weighted by atomic mass is 32.2.